The molecule has 1 saturated carbocycles. The molecule has 3 saturated heterocycles. The van der Waals surface area contributed by atoms with Gasteiger partial charge in [0, 0.05) is 48.0 Å². The predicted molar refractivity (Wildman–Crippen MR) is 148 cm³/mol. The van der Waals surface area contributed by atoms with E-state index in [-0.39, 0.29) is 41.8 Å². The van der Waals surface area contributed by atoms with E-state index >= 15 is 0 Å². The molecule has 9 heteroatoms. The maximum atomic E-state index is 14.2. The molecule has 216 valence electrons. The van der Waals surface area contributed by atoms with Crippen LogP contribution in [0.2, 0.25) is 0 Å². The van der Waals surface area contributed by atoms with Gasteiger partial charge in [-0.3, -0.25) is 19.3 Å². The third-order valence-electron chi connectivity index (χ3n) is 11.0. The fraction of sp³-hybridized carbons (Fsp3) is 0.677. The van der Waals surface area contributed by atoms with Crippen molar-refractivity contribution in [2.45, 2.75) is 108 Å². The van der Waals surface area contributed by atoms with Gasteiger partial charge in [-0.1, -0.05) is 26.0 Å². The molecule has 8 atom stereocenters. The van der Waals surface area contributed by atoms with Crippen LogP contribution >= 0.6 is 0 Å². The normalized spacial score (nSPS) is 41.0. The first kappa shape index (κ1) is 27.5. The van der Waals surface area contributed by atoms with Crippen LogP contribution in [0.1, 0.15) is 82.6 Å². The number of hydrogen-bond donors (Lipinski definition) is 2. The highest BCUT2D eigenvalue weighted by molar-refractivity contribution is 6.16. The molecule has 1 spiro atoms. The van der Waals surface area contributed by atoms with Crippen molar-refractivity contribution in [3.8, 4) is 0 Å². The van der Waals surface area contributed by atoms with Crippen LogP contribution in [-0.4, -0.2) is 77.9 Å². The Morgan fingerprint density at radius 2 is 1.95 bits per heavy atom. The lowest BCUT2D eigenvalue weighted by Gasteiger charge is -2.55. The minimum Gasteiger partial charge on any atom is -0.462 e. The van der Waals surface area contributed by atoms with Gasteiger partial charge in [0.25, 0.3) is 0 Å². The van der Waals surface area contributed by atoms with E-state index in [0.717, 1.165) is 18.3 Å². The van der Waals surface area contributed by atoms with Gasteiger partial charge in [-0.25, -0.2) is 0 Å². The van der Waals surface area contributed by atoms with E-state index in [1.54, 1.807) is 13.0 Å². The van der Waals surface area contributed by atoms with Crippen LogP contribution in [0.25, 0.3) is 0 Å². The zero-order valence-electron chi connectivity index (χ0n) is 24.3. The molecule has 6 rings (SSSR count). The molecule has 40 heavy (non-hydrogen) atoms. The Hall–Kier alpha value is -2.62. The Balaban J connectivity index is 1.41. The second-order valence-electron chi connectivity index (χ2n) is 13.4. The summed E-state index contributed by atoms with van der Waals surface area (Å²) in [5.74, 6) is -0.700. The van der Waals surface area contributed by atoms with Gasteiger partial charge in [-0.2, -0.15) is 0 Å². The van der Waals surface area contributed by atoms with Gasteiger partial charge < -0.3 is 24.9 Å². The van der Waals surface area contributed by atoms with Crippen molar-refractivity contribution >= 4 is 29.6 Å². The summed E-state index contributed by atoms with van der Waals surface area (Å²) >= 11 is 0. The number of rotatable bonds is 6. The highest BCUT2D eigenvalue weighted by Crippen LogP contribution is 2.67. The number of ether oxygens (including phenoxy) is 2. The van der Waals surface area contributed by atoms with E-state index in [4.69, 9.17) is 9.47 Å². The fourth-order valence-corrected chi connectivity index (χ4v) is 8.79. The number of carbonyl (C=O) groups is 4. The van der Waals surface area contributed by atoms with Gasteiger partial charge in [0.15, 0.2) is 5.78 Å². The van der Waals surface area contributed by atoms with Crippen molar-refractivity contribution in [3.63, 3.8) is 0 Å². The molecule has 1 aromatic carbocycles. The van der Waals surface area contributed by atoms with Crippen LogP contribution < -0.4 is 10.6 Å². The van der Waals surface area contributed by atoms with Gasteiger partial charge >= 0.3 is 5.97 Å². The molecule has 0 bridgehead atoms. The number of fused-ring (bicyclic) bond motifs is 4. The quantitative estimate of drug-likeness (QED) is 0.240. The molecule has 0 aromatic heterocycles. The molecule has 4 heterocycles. The third kappa shape index (κ3) is 3.56. The van der Waals surface area contributed by atoms with Gasteiger partial charge in [-0.15, -0.1) is 0 Å². The number of nitrogens with zero attached hydrogens (tertiary/aromatic N) is 1. The summed E-state index contributed by atoms with van der Waals surface area (Å²) < 4.78 is 11.4. The van der Waals surface area contributed by atoms with Crippen molar-refractivity contribution in [3.05, 3.63) is 29.3 Å². The number of piperidine rings is 2. The Kier molecular flexibility index (Phi) is 6.15. The number of carbonyl (C=O) groups excluding carboxylic acids is 4. The van der Waals surface area contributed by atoms with Crippen molar-refractivity contribution < 1.29 is 28.7 Å². The molecule has 4 aliphatic heterocycles. The number of aldehydes is 1. The maximum absolute atomic E-state index is 14.2. The molecule has 0 radical (unpaired) electrons. The number of Topliss-reactive ketones (excluding diaryl/α,β-unsaturated/α-hetero) is 1. The van der Waals surface area contributed by atoms with Gasteiger partial charge in [0.2, 0.25) is 5.91 Å². The van der Waals surface area contributed by atoms with Crippen LogP contribution in [0.4, 0.5) is 5.69 Å². The average molecular weight is 552 g/mol. The molecule has 8 unspecified atom stereocenters. The zero-order chi connectivity index (χ0) is 28.8. The van der Waals surface area contributed by atoms with E-state index in [9.17, 15) is 19.2 Å². The molecular formula is C31H41N3O6. The first-order valence-electron chi connectivity index (χ1n) is 14.6. The largest absolute Gasteiger partial charge is 0.462 e. The van der Waals surface area contributed by atoms with Crippen LogP contribution in [0.15, 0.2) is 18.2 Å². The Bertz CT molecular complexity index is 1300. The first-order chi connectivity index (χ1) is 18.9. The minimum atomic E-state index is -1.13. The molecule has 5 aliphatic rings. The molecule has 9 nitrogen and oxygen atoms in total. The number of amides is 1. The van der Waals surface area contributed by atoms with E-state index in [1.165, 1.54) is 0 Å². The summed E-state index contributed by atoms with van der Waals surface area (Å²) in [5, 5.41) is 6.66. The lowest BCUT2D eigenvalue weighted by atomic mass is 9.59. The summed E-state index contributed by atoms with van der Waals surface area (Å²) in [6, 6.07) is 5.79. The summed E-state index contributed by atoms with van der Waals surface area (Å²) in [7, 11) is 1.93. The smallest absolute Gasteiger partial charge is 0.305 e. The number of anilines is 1. The van der Waals surface area contributed by atoms with E-state index < -0.39 is 28.1 Å². The number of para-hydroxylation sites is 1. The summed E-state index contributed by atoms with van der Waals surface area (Å²) in [6.45, 7) is 10.3. The van der Waals surface area contributed by atoms with Gasteiger partial charge in [0.1, 0.15) is 18.5 Å². The second kappa shape index (κ2) is 8.94. The number of epoxide rings is 1. The SMILES string of the molecule is CCC(=O)OC1CC(C)N2CC3(NC)CC4(C(=O)Nc5c(C(=O)C6OC6(C)C)cccc54)C(C)(C=O)C3CC2C1. The molecule has 4 fully saturated rings. The average Bonchev–Trinajstić information content (AvgIpc) is 3.38. The Morgan fingerprint density at radius 1 is 1.23 bits per heavy atom. The van der Waals surface area contributed by atoms with Crippen molar-refractivity contribution in [1.82, 2.24) is 10.2 Å². The van der Waals surface area contributed by atoms with Crippen LogP contribution in [0, 0.1) is 11.3 Å². The minimum absolute atomic E-state index is 0.130. The lowest BCUT2D eigenvalue weighted by molar-refractivity contribution is -0.156. The lowest BCUT2D eigenvalue weighted by Crippen LogP contribution is -2.67. The molecule has 2 N–H and O–H groups in total. The molecule has 1 amide bonds. The second-order valence-corrected chi connectivity index (χ2v) is 13.4. The van der Waals surface area contributed by atoms with Crippen molar-refractivity contribution in [1.29, 1.82) is 0 Å². The Morgan fingerprint density at radius 3 is 2.58 bits per heavy atom. The zero-order valence-corrected chi connectivity index (χ0v) is 24.3. The molecule has 1 aromatic rings. The summed E-state index contributed by atoms with van der Waals surface area (Å²) in [6.07, 6.45) is 3.26. The van der Waals surface area contributed by atoms with Crippen LogP contribution in [0.3, 0.4) is 0 Å². The van der Waals surface area contributed by atoms with Crippen LogP contribution in [-0.2, 0) is 29.3 Å². The Labute approximate surface area is 235 Å². The summed E-state index contributed by atoms with van der Waals surface area (Å²) in [4.78, 5) is 55.5. The van der Waals surface area contributed by atoms with E-state index in [1.807, 2.05) is 40.0 Å². The number of ketones is 1. The highest BCUT2D eigenvalue weighted by Gasteiger charge is 2.74. The standard InChI is InChI=1S/C31H41N3O6/c1-7-23(36)39-19-11-17(2)34-15-30(32-6)14-31(29(5,16-35)22(30)13-18(34)12-19)21-10-8-9-20(24(21)33-27(31)38)25(37)26-28(3,4)40-26/h8-10,16-19,22,26,32H,7,11-15H2,1-6H3,(H,33,38). The van der Waals surface area contributed by atoms with Crippen molar-refractivity contribution in [2.75, 3.05) is 18.9 Å². The van der Waals surface area contributed by atoms with E-state index in [2.05, 4.69) is 22.5 Å². The monoisotopic (exact) mass is 551 g/mol. The molecular weight excluding hydrogens is 510 g/mol. The van der Waals surface area contributed by atoms with Crippen LogP contribution in [0.5, 0.6) is 0 Å². The van der Waals surface area contributed by atoms with Crippen molar-refractivity contribution in [2.24, 2.45) is 11.3 Å². The summed E-state index contributed by atoms with van der Waals surface area (Å²) in [5.41, 5.74) is -1.49. The predicted octanol–water partition coefficient (Wildman–Crippen LogP) is 3.00. The fourth-order valence-electron chi connectivity index (χ4n) is 8.79. The number of benzene rings is 1. The third-order valence-corrected chi connectivity index (χ3v) is 11.0. The maximum Gasteiger partial charge on any atom is 0.305 e. The van der Waals surface area contributed by atoms with Gasteiger partial charge in [0.05, 0.1) is 16.7 Å². The van der Waals surface area contributed by atoms with E-state index in [0.29, 0.717) is 43.5 Å². The number of likely N-dealkylation sites (N-methyl/N-ethyl adjacent to an activating group) is 1. The molecule has 1 aliphatic carbocycles. The first-order valence-corrected chi connectivity index (χ1v) is 14.6. The number of esters is 1. The number of hydrogen-bond acceptors (Lipinski definition) is 8. The van der Waals surface area contributed by atoms with Gasteiger partial charge in [-0.05, 0) is 64.6 Å². The topological polar surface area (TPSA) is 117 Å². The number of nitrogens with one attached hydrogen (secondary N) is 2. The highest BCUT2D eigenvalue weighted by atomic mass is 16.6.